The van der Waals surface area contributed by atoms with Crippen LogP contribution in [0.5, 0.6) is 0 Å². The van der Waals surface area contributed by atoms with Gasteiger partial charge in [0.25, 0.3) is 5.69 Å². The summed E-state index contributed by atoms with van der Waals surface area (Å²) < 4.78 is 4.56. The van der Waals surface area contributed by atoms with Crippen molar-refractivity contribution in [3.05, 3.63) is 74.3 Å². The smallest absolute Gasteiger partial charge is 0.345 e. The molecule has 0 bridgehead atoms. The molecule has 0 saturated heterocycles. The van der Waals surface area contributed by atoms with Crippen molar-refractivity contribution in [3.8, 4) is 0 Å². The van der Waals surface area contributed by atoms with Crippen LogP contribution < -0.4 is 0 Å². The number of hydrogen-bond acceptors (Lipinski definition) is 5. The average molecular weight is 320 g/mol. The number of ether oxygens (including phenoxy) is 1. The standard InChI is InChI=1S/C15H10ClNO5/c1-22-15(19)13-11(3-2-4-12(13)17(20)21)14(18)9-5-7-10(16)8-6-9/h2-8H,1H3. The van der Waals surface area contributed by atoms with E-state index in [1.165, 1.54) is 36.4 Å². The Morgan fingerprint density at radius 3 is 2.32 bits per heavy atom. The van der Waals surface area contributed by atoms with Crippen LogP contribution in [0.1, 0.15) is 26.3 Å². The predicted octanol–water partition coefficient (Wildman–Crippen LogP) is 3.27. The maximum Gasteiger partial charge on any atom is 0.345 e. The van der Waals surface area contributed by atoms with Crippen molar-refractivity contribution < 1.29 is 19.2 Å². The van der Waals surface area contributed by atoms with Crippen molar-refractivity contribution in [2.45, 2.75) is 0 Å². The lowest BCUT2D eigenvalue weighted by molar-refractivity contribution is -0.385. The highest BCUT2D eigenvalue weighted by atomic mass is 35.5. The van der Waals surface area contributed by atoms with Gasteiger partial charge in [-0.15, -0.1) is 0 Å². The van der Waals surface area contributed by atoms with E-state index in [2.05, 4.69) is 4.74 Å². The highest BCUT2D eigenvalue weighted by Gasteiger charge is 2.28. The van der Waals surface area contributed by atoms with Gasteiger partial charge in [-0.25, -0.2) is 4.79 Å². The number of benzene rings is 2. The van der Waals surface area contributed by atoms with Crippen molar-refractivity contribution in [3.63, 3.8) is 0 Å². The first-order valence-electron chi connectivity index (χ1n) is 6.11. The maximum absolute atomic E-state index is 12.5. The molecule has 0 saturated carbocycles. The summed E-state index contributed by atoms with van der Waals surface area (Å²) in [5, 5.41) is 11.5. The van der Waals surface area contributed by atoms with Crippen molar-refractivity contribution >= 4 is 29.0 Å². The molecule has 0 heterocycles. The molecular formula is C15H10ClNO5. The molecule has 112 valence electrons. The van der Waals surface area contributed by atoms with Crippen LogP contribution in [0.25, 0.3) is 0 Å². The van der Waals surface area contributed by atoms with E-state index in [9.17, 15) is 19.7 Å². The van der Waals surface area contributed by atoms with Gasteiger partial charge < -0.3 is 4.74 Å². The monoisotopic (exact) mass is 319 g/mol. The molecule has 2 aromatic carbocycles. The average Bonchev–Trinajstić information content (AvgIpc) is 2.53. The molecule has 0 atom stereocenters. The van der Waals surface area contributed by atoms with E-state index in [4.69, 9.17) is 11.6 Å². The minimum atomic E-state index is -0.940. The molecule has 0 aliphatic rings. The molecule has 2 rings (SSSR count). The molecule has 0 aromatic heterocycles. The molecule has 0 spiro atoms. The largest absolute Gasteiger partial charge is 0.465 e. The Balaban J connectivity index is 2.61. The number of rotatable bonds is 4. The second-order valence-electron chi connectivity index (χ2n) is 4.28. The third-order valence-corrected chi connectivity index (χ3v) is 3.23. The molecule has 0 radical (unpaired) electrons. The summed E-state index contributed by atoms with van der Waals surface area (Å²) in [6, 6.07) is 9.82. The molecule has 0 aliphatic carbocycles. The van der Waals surface area contributed by atoms with Crippen LogP contribution in [0.3, 0.4) is 0 Å². The van der Waals surface area contributed by atoms with E-state index >= 15 is 0 Å². The fourth-order valence-electron chi connectivity index (χ4n) is 1.95. The van der Waals surface area contributed by atoms with Gasteiger partial charge in [0.15, 0.2) is 5.78 Å². The molecule has 0 N–H and O–H groups in total. The number of hydrogen-bond donors (Lipinski definition) is 0. The summed E-state index contributed by atoms with van der Waals surface area (Å²) in [5.41, 5.74) is -0.681. The quantitative estimate of drug-likeness (QED) is 0.373. The highest BCUT2D eigenvalue weighted by Crippen LogP contribution is 2.25. The number of nitro benzene ring substituents is 1. The molecule has 22 heavy (non-hydrogen) atoms. The topological polar surface area (TPSA) is 86.5 Å². The van der Waals surface area contributed by atoms with Crippen LogP contribution in [0.15, 0.2) is 42.5 Å². The van der Waals surface area contributed by atoms with E-state index < -0.39 is 22.4 Å². The Morgan fingerprint density at radius 2 is 1.77 bits per heavy atom. The third-order valence-electron chi connectivity index (χ3n) is 2.98. The number of esters is 1. The van der Waals surface area contributed by atoms with Crippen LogP contribution in [0, 0.1) is 10.1 Å². The number of carbonyl (C=O) groups is 2. The van der Waals surface area contributed by atoms with E-state index in [0.717, 1.165) is 13.2 Å². The number of halogens is 1. The molecular weight excluding hydrogens is 310 g/mol. The molecule has 2 aromatic rings. The molecule has 0 unspecified atom stereocenters. The van der Waals surface area contributed by atoms with E-state index in [-0.39, 0.29) is 16.7 Å². The van der Waals surface area contributed by atoms with Gasteiger partial charge >= 0.3 is 5.97 Å². The maximum atomic E-state index is 12.5. The fourth-order valence-corrected chi connectivity index (χ4v) is 2.08. The number of nitrogens with zero attached hydrogens (tertiary/aromatic N) is 1. The van der Waals surface area contributed by atoms with Crippen molar-refractivity contribution in [2.24, 2.45) is 0 Å². The summed E-state index contributed by atoms with van der Waals surface area (Å²) >= 11 is 5.76. The summed E-state index contributed by atoms with van der Waals surface area (Å²) in [4.78, 5) is 34.7. The summed E-state index contributed by atoms with van der Waals surface area (Å²) in [7, 11) is 1.09. The summed E-state index contributed by atoms with van der Waals surface area (Å²) in [6.07, 6.45) is 0. The molecule has 6 nitrogen and oxygen atoms in total. The predicted molar refractivity (Wildman–Crippen MR) is 79.3 cm³/mol. The van der Waals surface area contributed by atoms with Gasteiger partial charge in [0.2, 0.25) is 0 Å². The van der Waals surface area contributed by atoms with Crippen molar-refractivity contribution in [2.75, 3.05) is 7.11 Å². The lowest BCUT2D eigenvalue weighted by atomic mass is 9.97. The molecule has 0 aliphatic heterocycles. The van der Waals surface area contributed by atoms with Gasteiger partial charge in [-0.1, -0.05) is 17.7 Å². The first kappa shape index (κ1) is 15.7. The fraction of sp³-hybridized carbons (Fsp3) is 0.0667. The number of nitro groups is 1. The highest BCUT2D eigenvalue weighted by molar-refractivity contribution is 6.30. The Hall–Kier alpha value is -2.73. The summed E-state index contributed by atoms with van der Waals surface area (Å²) in [5.74, 6) is -1.47. The zero-order chi connectivity index (χ0) is 16.3. The van der Waals surface area contributed by atoms with E-state index in [1.54, 1.807) is 0 Å². The van der Waals surface area contributed by atoms with Gasteiger partial charge in [0.05, 0.1) is 12.0 Å². The Bertz CT molecular complexity index is 755. The Kier molecular flexibility index (Phi) is 4.53. The van der Waals surface area contributed by atoms with Crippen LogP contribution in [-0.2, 0) is 4.74 Å². The number of methoxy groups -OCH3 is 1. The van der Waals surface area contributed by atoms with Gasteiger partial charge in [-0.3, -0.25) is 14.9 Å². The van der Waals surface area contributed by atoms with Crippen LogP contribution in [0.2, 0.25) is 5.02 Å². The minimum absolute atomic E-state index is 0.0941. The van der Waals surface area contributed by atoms with E-state index in [0.29, 0.717) is 5.02 Å². The van der Waals surface area contributed by atoms with Gasteiger partial charge in [0.1, 0.15) is 5.56 Å². The first-order valence-corrected chi connectivity index (χ1v) is 6.49. The van der Waals surface area contributed by atoms with Crippen LogP contribution >= 0.6 is 11.6 Å². The Morgan fingerprint density at radius 1 is 1.14 bits per heavy atom. The van der Waals surface area contributed by atoms with Crippen molar-refractivity contribution in [1.29, 1.82) is 0 Å². The normalized spacial score (nSPS) is 10.1. The molecule has 7 heteroatoms. The van der Waals surface area contributed by atoms with Crippen molar-refractivity contribution in [1.82, 2.24) is 0 Å². The van der Waals surface area contributed by atoms with E-state index in [1.807, 2.05) is 0 Å². The van der Waals surface area contributed by atoms with Gasteiger partial charge in [-0.05, 0) is 30.3 Å². The molecule has 0 fully saturated rings. The minimum Gasteiger partial charge on any atom is -0.465 e. The second kappa shape index (κ2) is 6.36. The first-order chi connectivity index (χ1) is 10.5. The second-order valence-corrected chi connectivity index (χ2v) is 4.72. The van der Waals surface area contributed by atoms with Crippen LogP contribution in [0.4, 0.5) is 5.69 Å². The number of carbonyl (C=O) groups excluding carboxylic acids is 2. The SMILES string of the molecule is COC(=O)c1c(C(=O)c2ccc(Cl)cc2)cccc1[N+](=O)[O-]. The summed E-state index contributed by atoms with van der Waals surface area (Å²) in [6.45, 7) is 0. The zero-order valence-electron chi connectivity index (χ0n) is 11.4. The lowest BCUT2D eigenvalue weighted by Crippen LogP contribution is -2.14. The van der Waals surface area contributed by atoms with Crippen LogP contribution in [-0.4, -0.2) is 23.8 Å². The zero-order valence-corrected chi connectivity index (χ0v) is 12.2. The van der Waals surface area contributed by atoms with Gasteiger partial charge in [0, 0.05) is 22.2 Å². The Labute approximate surface area is 130 Å². The lowest BCUT2D eigenvalue weighted by Gasteiger charge is -2.08. The molecule has 0 amide bonds. The van der Waals surface area contributed by atoms with Gasteiger partial charge in [-0.2, -0.15) is 0 Å². The number of ketones is 1. The third kappa shape index (κ3) is 2.96.